The lowest BCUT2D eigenvalue weighted by molar-refractivity contribution is 0.279. The van der Waals surface area contributed by atoms with E-state index in [1.165, 1.54) is 0 Å². The number of hydrogen-bond acceptors (Lipinski definition) is 8. The second-order valence-corrected chi connectivity index (χ2v) is 6.83. The zero-order chi connectivity index (χ0) is 19.7. The average molecular weight is 467 g/mol. The summed E-state index contributed by atoms with van der Waals surface area (Å²) in [6.07, 6.45) is 6.51. The predicted octanol–water partition coefficient (Wildman–Crippen LogP) is 2.65. The zero-order valence-corrected chi connectivity index (χ0v) is 18.9. The zero-order valence-electron chi connectivity index (χ0n) is 17.2. The lowest BCUT2D eigenvalue weighted by atomic mass is 10.2. The second-order valence-electron chi connectivity index (χ2n) is 6.83. The van der Waals surface area contributed by atoms with E-state index in [2.05, 4.69) is 30.6 Å². The summed E-state index contributed by atoms with van der Waals surface area (Å²) in [5, 5.41) is 6.45. The predicted molar refractivity (Wildman–Crippen MR) is 127 cm³/mol. The number of nitrogens with zero attached hydrogens (tertiary/aromatic N) is 4. The minimum atomic E-state index is 0. The van der Waals surface area contributed by atoms with Crippen LogP contribution in [-0.2, 0) is 0 Å². The summed E-state index contributed by atoms with van der Waals surface area (Å²) in [6, 6.07) is 7.63. The topological polar surface area (TPSA) is 93.0 Å². The van der Waals surface area contributed by atoms with E-state index < -0.39 is 0 Å². The van der Waals surface area contributed by atoms with E-state index in [1.807, 2.05) is 24.3 Å². The SMILES string of the molecule is Cl.Cl.c1cc(OCCCCCOc2ccnc(C3=NCCN3)c2)cc(C2=NCCN2)n1. The number of pyridine rings is 2. The molecular weight excluding hydrogens is 439 g/mol. The number of rotatable bonds is 10. The molecule has 2 aromatic rings. The molecule has 0 unspecified atom stereocenters. The van der Waals surface area contributed by atoms with Crippen molar-refractivity contribution < 1.29 is 9.47 Å². The van der Waals surface area contributed by atoms with Gasteiger partial charge in [-0.25, -0.2) is 0 Å². The van der Waals surface area contributed by atoms with Crippen LogP contribution in [0.3, 0.4) is 0 Å². The fraction of sp³-hybridized carbons (Fsp3) is 0.429. The van der Waals surface area contributed by atoms with E-state index in [1.54, 1.807) is 12.4 Å². The van der Waals surface area contributed by atoms with Gasteiger partial charge in [0.25, 0.3) is 0 Å². The van der Waals surface area contributed by atoms with Gasteiger partial charge >= 0.3 is 0 Å². The number of ether oxygens (including phenoxy) is 2. The molecule has 0 fully saturated rings. The van der Waals surface area contributed by atoms with Gasteiger partial charge in [-0.2, -0.15) is 0 Å². The monoisotopic (exact) mass is 466 g/mol. The summed E-state index contributed by atoms with van der Waals surface area (Å²) < 4.78 is 11.7. The molecule has 0 saturated heterocycles. The van der Waals surface area contributed by atoms with Crippen molar-refractivity contribution in [3.8, 4) is 11.5 Å². The molecule has 0 saturated carbocycles. The van der Waals surface area contributed by atoms with Crippen molar-refractivity contribution in [3.05, 3.63) is 48.0 Å². The van der Waals surface area contributed by atoms with Crippen molar-refractivity contribution in [3.63, 3.8) is 0 Å². The minimum Gasteiger partial charge on any atom is -0.493 e. The van der Waals surface area contributed by atoms with Crippen LogP contribution in [0.1, 0.15) is 30.7 Å². The maximum atomic E-state index is 5.85. The molecule has 0 bridgehead atoms. The van der Waals surface area contributed by atoms with Crippen LogP contribution in [0, 0.1) is 0 Å². The Bertz CT molecular complexity index is 822. The molecule has 0 aliphatic carbocycles. The first kappa shape index (κ1) is 24.7. The van der Waals surface area contributed by atoms with E-state index in [-0.39, 0.29) is 24.8 Å². The third-order valence-electron chi connectivity index (χ3n) is 4.62. The number of amidine groups is 2. The maximum absolute atomic E-state index is 5.85. The highest BCUT2D eigenvalue weighted by Crippen LogP contribution is 2.14. The van der Waals surface area contributed by atoms with Crippen LogP contribution in [0.25, 0.3) is 0 Å². The molecule has 4 heterocycles. The van der Waals surface area contributed by atoms with Crippen LogP contribution in [0.5, 0.6) is 11.5 Å². The smallest absolute Gasteiger partial charge is 0.147 e. The first-order chi connectivity index (χ1) is 14.4. The third kappa shape index (κ3) is 7.25. The fourth-order valence-electron chi connectivity index (χ4n) is 3.16. The van der Waals surface area contributed by atoms with Crippen LogP contribution in [0.15, 0.2) is 46.6 Å². The quantitative estimate of drug-likeness (QED) is 0.522. The summed E-state index contributed by atoms with van der Waals surface area (Å²) in [5.74, 6) is 3.36. The number of halogens is 2. The Morgan fingerprint density at radius 1 is 0.710 bits per heavy atom. The molecule has 2 aliphatic heterocycles. The summed E-state index contributed by atoms with van der Waals surface area (Å²) in [6.45, 7) is 4.70. The second kappa shape index (κ2) is 13.0. The fourth-order valence-corrected chi connectivity index (χ4v) is 3.16. The molecule has 4 rings (SSSR count). The maximum Gasteiger partial charge on any atom is 0.147 e. The first-order valence-electron chi connectivity index (χ1n) is 10.1. The molecular formula is C21H28Cl2N6O2. The van der Waals surface area contributed by atoms with Gasteiger partial charge in [-0.1, -0.05) is 0 Å². The molecule has 8 nitrogen and oxygen atoms in total. The Morgan fingerprint density at radius 3 is 1.61 bits per heavy atom. The first-order valence-corrected chi connectivity index (χ1v) is 10.1. The van der Waals surface area contributed by atoms with Gasteiger partial charge in [-0.15, -0.1) is 24.8 Å². The van der Waals surface area contributed by atoms with Crippen molar-refractivity contribution in [2.45, 2.75) is 19.3 Å². The van der Waals surface area contributed by atoms with E-state index in [0.717, 1.165) is 80.0 Å². The number of nitrogens with one attached hydrogen (secondary N) is 2. The Labute approximate surface area is 194 Å². The molecule has 0 radical (unpaired) electrons. The number of aromatic nitrogens is 2. The number of hydrogen-bond donors (Lipinski definition) is 2. The molecule has 168 valence electrons. The summed E-state index contributed by atoms with van der Waals surface area (Å²) in [4.78, 5) is 17.5. The Hall–Kier alpha value is -2.58. The standard InChI is InChI=1S/C21H26N6O2.2ClH/c1(2-12-28-16-4-6-22-18(14-16)20-24-8-9-25-20)3-13-29-17-5-7-23-19(15-17)21-26-10-11-27-21;;/h4-7,14-15H,1-3,8-13H2,(H,24,25)(H,26,27);2*1H. The third-order valence-corrected chi connectivity index (χ3v) is 4.62. The van der Waals surface area contributed by atoms with Gasteiger partial charge in [0.15, 0.2) is 0 Å². The van der Waals surface area contributed by atoms with E-state index in [4.69, 9.17) is 9.47 Å². The molecule has 0 aromatic carbocycles. The highest BCUT2D eigenvalue weighted by molar-refractivity contribution is 5.98. The number of unbranched alkanes of at least 4 members (excludes halogenated alkanes) is 2. The van der Waals surface area contributed by atoms with Crippen molar-refractivity contribution in [2.75, 3.05) is 39.4 Å². The van der Waals surface area contributed by atoms with E-state index >= 15 is 0 Å². The molecule has 2 N–H and O–H groups in total. The molecule has 31 heavy (non-hydrogen) atoms. The minimum absolute atomic E-state index is 0. The van der Waals surface area contributed by atoms with Gasteiger partial charge in [0, 0.05) is 37.6 Å². The van der Waals surface area contributed by atoms with E-state index in [0.29, 0.717) is 13.2 Å². The van der Waals surface area contributed by atoms with Crippen molar-refractivity contribution in [1.82, 2.24) is 20.6 Å². The van der Waals surface area contributed by atoms with Gasteiger partial charge in [0.2, 0.25) is 0 Å². The van der Waals surface area contributed by atoms with Crippen molar-refractivity contribution in [1.29, 1.82) is 0 Å². The van der Waals surface area contributed by atoms with Crippen molar-refractivity contribution in [2.24, 2.45) is 9.98 Å². The Morgan fingerprint density at radius 2 is 1.19 bits per heavy atom. The molecule has 2 aromatic heterocycles. The molecule has 0 atom stereocenters. The molecule has 10 heteroatoms. The number of aliphatic imine (C=N–C) groups is 2. The molecule has 0 amide bonds. The lowest BCUT2D eigenvalue weighted by Gasteiger charge is -2.09. The molecule has 0 spiro atoms. The Kier molecular flexibility index (Phi) is 10.3. The van der Waals surface area contributed by atoms with Crippen molar-refractivity contribution >= 4 is 36.5 Å². The van der Waals surface area contributed by atoms with Gasteiger partial charge in [0.1, 0.15) is 34.6 Å². The highest BCUT2D eigenvalue weighted by Gasteiger charge is 2.11. The summed E-state index contributed by atoms with van der Waals surface area (Å²) >= 11 is 0. The molecule has 2 aliphatic rings. The highest BCUT2D eigenvalue weighted by atomic mass is 35.5. The Balaban J connectivity index is 0.00000171. The summed E-state index contributed by atoms with van der Waals surface area (Å²) in [7, 11) is 0. The van der Waals surface area contributed by atoms with Crippen LogP contribution in [0.4, 0.5) is 0 Å². The van der Waals surface area contributed by atoms with Gasteiger partial charge in [-0.3, -0.25) is 20.0 Å². The largest absolute Gasteiger partial charge is 0.493 e. The van der Waals surface area contributed by atoms with Gasteiger partial charge in [-0.05, 0) is 31.4 Å². The van der Waals surface area contributed by atoms with Gasteiger partial charge < -0.3 is 20.1 Å². The summed E-state index contributed by atoms with van der Waals surface area (Å²) in [5.41, 5.74) is 1.67. The van der Waals surface area contributed by atoms with Gasteiger partial charge in [0.05, 0.1) is 26.3 Å². The van der Waals surface area contributed by atoms with E-state index in [9.17, 15) is 0 Å². The van der Waals surface area contributed by atoms with Crippen LogP contribution < -0.4 is 20.1 Å². The average Bonchev–Trinajstić information content (AvgIpc) is 3.48. The normalized spacial score (nSPS) is 14.3. The van der Waals surface area contributed by atoms with Crippen LogP contribution >= 0.6 is 24.8 Å². The lowest BCUT2D eigenvalue weighted by Crippen LogP contribution is -2.20. The van der Waals surface area contributed by atoms with Crippen LogP contribution in [-0.4, -0.2) is 61.0 Å². The van der Waals surface area contributed by atoms with Crippen LogP contribution in [0.2, 0.25) is 0 Å².